The zero-order valence-electron chi connectivity index (χ0n) is 17.7. The minimum Gasteiger partial charge on any atom is -0.507 e. The number of hydrogen-bond donors (Lipinski definition) is 1. The van der Waals surface area contributed by atoms with Crippen LogP contribution in [0.4, 0.5) is 0 Å². The molecule has 7 heteroatoms. The number of nitrogens with zero attached hydrogens (tertiary/aromatic N) is 3. The molecule has 1 amide bonds. The Bertz CT molecular complexity index is 937. The van der Waals surface area contributed by atoms with Crippen molar-refractivity contribution in [3.8, 4) is 5.75 Å². The van der Waals surface area contributed by atoms with Crippen LogP contribution >= 0.6 is 0 Å². The van der Waals surface area contributed by atoms with E-state index in [1.54, 1.807) is 48.8 Å². The standard InChI is InChI=1S/C23H27N3O4/c1-15(2)30-18-7-5-17(6-8-18)21(27)19-20(16-9-11-24-12-10-16)26(14-13-25(3)4)23(29)22(19)28/h5-12,15,20,27H,13-14H2,1-4H3/t20-/m0/s1. The van der Waals surface area contributed by atoms with Gasteiger partial charge in [-0.3, -0.25) is 14.6 Å². The molecule has 1 aliphatic heterocycles. The van der Waals surface area contributed by atoms with E-state index in [0.29, 0.717) is 24.4 Å². The van der Waals surface area contributed by atoms with Gasteiger partial charge in [-0.1, -0.05) is 0 Å². The molecule has 2 heterocycles. The molecule has 0 bridgehead atoms. The second-order valence-electron chi connectivity index (χ2n) is 7.77. The molecule has 2 aromatic rings. The third kappa shape index (κ3) is 4.52. The lowest BCUT2D eigenvalue weighted by atomic mass is 9.96. The van der Waals surface area contributed by atoms with Crippen molar-refractivity contribution in [3.63, 3.8) is 0 Å². The molecule has 1 aliphatic rings. The van der Waals surface area contributed by atoms with E-state index < -0.39 is 17.7 Å². The van der Waals surface area contributed by atoms with Gasteiger partial charge in [-0.05, 0) is 69.9 Å². The van der Waals surface area contributed by atoms with Crippen molar-refractivity contribution in [1.82, 2.24) is 14.8 Å². The van der Waals surface area contributed by atoms with Gasteiger partial charge in [-0.15, -0.1) is 0 Å². The van der Waals surface area contributed by atoms with E-state index in [2.05, 4.69) is 4.98 Å². The number of aromatic nitrogens is 1. The molecule has 0 spiro atoms. The second kappa shape index (κ2) is 9.09. The van der Waals surface area contributed by atoms with Gasteiger partial charge < -0.3 is 19.6 Å². The monoisotopic (exact) mass is 409 g/mol. The fraction of sp³-hybridized carbons (Fsp3) is 0.348. The highest BCUT2D eigenvalue weighted by molar-refractivity contribution is 6.46. The number of likely N-dealkylation sites (N-methyl/N-ethyl adjacent to an activating group) is 1. The maximum Gasteiger partial charge on any atom is 0.295 e. The molecule has 1 N–H and O–H groups in total. The first-order valence-corrected chi connectivity index (χ1v) is 9.89. The summed E-state index contributed by atoms with van der Waals surface area (Å²) in [6.07, 6.45) is 3.25. The van der Waals surface area contributed by atoms with Gasteiger partial charge in [0.1, 0.15) is 11.5 Å². The Kier molecular flexibility index (Phi) is 6.52. The average molecular weight is 409 g/mol. The summed E-state index contributed by atoms with van der Waals surface area (Å²) in [5, 5.41) is 11.0. The van der Waals surface area contributed by atoms with Crippen molar-refractivity contribution in [3.05, 3.63) is 65.5 Å². The Labute approximate surface area is 176 Å². The Hall–Kier alpha value is -3.19. The van der Waals surface area contributed by atoms with Crippen LogP contribution in [0.3, 0.4) is 0 Å². The second-order valence-corrected chi connectivity index (χ2v) is 7.77. The predicted molar refractivity (Wildman–Crippen MR) is 114 cm³/mol. The highest BCUT2D eigenvalue weighted by Gasteiger charge is 2.45. The van der Waals surface area contributed by atoms with Crippen molar-refractivity contribution in [2.45, 2.75) is 26.0 Å². The zero-order chi connectivity index (χ0) is 21.8. The van der Waals surface area contributed by atoms with Crippen LogP contribution < -0.4 is 4.74 Å². The molecular formula is C23H27N3O4. The lowest BCUT2D eigenvalue weighted by Gasteiger charge is -2.26. The number of Topliss-reactive ketones (excluding diaryl/α,β-unsaturated/α-hetero) is 1. The minimum absolute atomic E-state index is 0.0261. The lowest BCUT2D eigenvalue weighted by Crippen LogP contribution is -2.35. The predicted octanol–water partition coefficient (Wildman–Crippen LogP) is 2.85. The molecule has 1 saturated heterocycles. The van der Waals surface area contributed by atoms with Crippen LogP contribution in [0.2, 0.25) is 0 Å². The number of benzene rings is 1. The number of amides is 1. The van der Waals surface area contributed by atoms with Gasteiger partial charge in [0.05, 0.1) is 17.7 Å². The SMILES string of the molecule is CC(C)Oc1ccc(C(O)=C2C(=O)C(=O)N(CCN(C)C)[C@H]2c2ccncc2)cc1. The summed E-state index contributed by atoms with van der Waals surface area (Å²) in [5.41, 5.74) is 1.27. The quantitative estimate of drug-likeness (QED) is 0.430. The molecule has 1 atom stereocenters. The van der Waals surface area contributed by atoms with Crippen molar-refractivity contribution in [2.24, 2.45) is 0 Å². The first kappa shape index (κ1) is 21.5. The summed E-state index contributed by atoms with van der Waals surface area (Å²) in [5.74, 6) is -0.826. The Morgan fingerprint density at radius 3 is 2.33 bits per heavy atom. The Morgan fingerprint density at radius 1 is 1.13 bits per heavy atom. The molecule has 3 rings (SSSR count). The summed E-state index contributed by atoms with van der Waals surface area (Å²) >= 11 is 0. The molecule has 0 aliphatic carbocycles. The number of carbonyl (C=O) groups excluding carboxylic acids is 2. The number of rotatable bonds is 7. The molecule has 30 heavy (non-hydrogen) atoms. The summed E-state index contributed by atoms with van der Waals surface area (Å²) < 4.78 is 5.64. The molecule has 1 aromatic heterocycles. The minimum atomic E-state index is -0.685. The maximum absolute atomic E-state index is 12.9. The number of ketones is 1. The number of ether oxygens (including phenoxy) is 1. The molecule has 0 unspecified atom stereocenters. The zero-order valence-corrected chi connectivity index (χ0v) is 17.7. The average Bonchev–Trinajstić information content (AvgIpc) is 2.97. The molecule has 7 nitrogen and oxygen atoms in total. The van der Waals surface area contributed by atoms with E-state index in [-0.39, 0.29) is 17.4 Å². The number of pyridine rings is 1. The van der Waals surface area contributed by atoms with Crippen molar-refractivity contribution in [1.29, 1.82) is 0 Å². The van der Waals surface area contributed by atoms with Crippen LogP contribution in [-0.2, 0) is 9.59 Å². The summed E-state index contributed by atoms with van der Waals surface area (Å²) in [6, 6.07) is 9.68. The number of carbonyl (C=O) groups is 2. The smallest absolute Gasteiger partial charge is 0.295 e. The van der Waals surface area contributed by atoms with Gasteiger partial charge in [-0.25, -0.2) is 0 Å². The summed E-state index contributed by atoms with van der Waals surface area (Å²) in [6.45, 7) is 4.81. The van der Waals surface area contributed by atoms with Crippen molar-refractivity contribution in [2.75, 3.05) is 27.2 Å². The van der Waals surface area contributed by atoms with E-state index in [4.69, 9.17) is 4.74 Å². The fourth-order valence-corrected chi connectivity index (χ4v) is 3.43. The van der Waals surface area contributed by atoms with Gasteiger partial charge in [0.25, 0.3) is 11.7 Å². The van der Waals surface area contributed by atoms with Crippen LogP contribution in [0.25, 0.3) is 5.76 Å². The molecule has 158 valence electrons. The number of hydrogen-bond acceptors (Lipinski definition) is 6. The van der Waals surface area contributed by atoms with E-state index in [1.165, 1.54) is 4.90 Å². The molecular weight excluding hydrogens is 382 g/mol. The summed E-state index contributed by atoms with van der Waals surface area (Å²) in [7, 11) is 3.80. The third-order valence-electron chi connectivity index (χ3n) is 4.85. The van der Waals surface area contributed by atoms with Crippen LogP contribution in [-0.4, -0.2) is 64.9 Å². The number of aliphatic hydroxyl groups is 1. The van der Waals surface area contributed by atoms with Gasteiger partial charge in [0.15, 0.2) is 0 Å². The van der Waals surface area contributed by atoms with Gasteiger partial charge in [0.2, 0.25) is 0 Å². The Balaban J connectivity index is 2.05. The third-order valence-corrected chi connectivity index (χ3v) is 4.85. The largest absolute Gasteiger partial charge is 0.507 e. The van der Waals surface area contributed by atoms with E-state index >= 15 is 0 Å². The van der Waals surface area contributed by atoms with E-state index in [1.807, 2.05) is 32.8 Å². The molecule has 1 fully saturated rings. The highest BCUT2D eigenvalue weighted by Crippen LogP contribution is 2.39. The van der Waals surface area contributed by atoms with E-state index in [9.17, 15) is 14.7 Å². The summed E-state index contributed by atoms with van der Waals surface area (Å²) in [4.78, 5) is 33.2. The van der Waals surface area contributed by atoms with Gasteiger partial charge in [0, 0.05) is 31.0 Å². The molecule has 0 radical (unpaired) electrons. The van der Waals surface area contributed by atoms with Crippen LogP contribution in [0.15, 0.2) is 54.4 Å². The van der Waals surface area contributed by atoms with Crippen LogP contribution in [0.5, 0.6) is 5.75 Å². The number of likely N-dealkylation sites (tertiary alicyclic amines) is 1. The van der Waals surface area contributed by atoms with Crippen LogP contribution in [0, 0.1) is 0 Å². The fourth-order valence-electron chi connectivity index (χ4n) is 3.43. The van der Waals surface area contributed by atoms with Gasteiger partial charge >= 0.3 is 0 Å². The van der Waals surface area contributed by atoms with Crippen LogP contribution in [0.1, 0.15) is 31.0 Å². The normalized spacial score (nSPS) is 18.5. The Morgan fingerprint density at radius 2 is 1.77 bits per heavy atom. The molecule has 1 aromatic carbocycles. The highest BCUT2D eigenvalue weighted by atomic mass is 16.5. The lowest BCUT2D eigenvalue weighted by molar-refractivity contribution is -0.140. The maximum atomic E-state index is 12.9. The topological polar surface area (TPSA) is 83.0 Å². The first-order chi connectivity index (χ1) is 14.3. The van der Waals surface area contributed by atoms with Crippen molar-refractivity contribution >= 4 is 17.4 Å². The van der Waals surface area contributed by atoms with Crippen molar-refractivity contribution < 1.29 is 19.4 Å². The van der Waals surface area contributed by atoms with Gasteiger partial charge in [-0.2, -0.15) is 0 Å². The van der Waals surface area contributed by atoms with E-state index in [0.717, 1.165) is 5.56 Å². The molecule has 0 saturated carbocycles. The number of aliphatic hydroxyl groups excluding tert-OH is 1. The first-order valence-electron chi connectivity index (χ1n) is 9.89.